The predicted octanol–water partition coefficient (Wildman–Crippen LogP) is 2.88. The Morgan fingerprint density at radius 2 is 1.94 bits per heavy atom. The van der Waals surface area contributed by atoms with Crippen molar-refractivity contribution in [2.24, 2.45) is 0 Å². The van der Waals surface area contributed by atoms with Crippen LogP contribution in [0, 0.1) is 0 Å². The van der Waals surface area contributed by atoms with E-state index >= 15 is 0 Å². The Kier molecular flexibility index (Phi) is 4.11. The van der Waals surface area contributed by atoms with Crippen LogP contribution in [0.2, 0.25) is 0 Å². The average molecular weight is 258 g/mol. The summed E-state index contributed by atoms with van der Waals surface area (Å²) in [6, 6.07) is 3.57. The van der Waals surface area contributed by atoms with Gasteiger partial charge in [-0.25, -0.2) is 0 Å². The van der Waals surface area contributed by atoms with Gasteiger partial charge in [-0.1, -0.05) is 19.9 Å². The number of anilines is 1. The fourth-order valence-electron chi connectivity index (χ4n) is 1.41. The molecule has 0 aromatic heterocycles. The van der Waals surface area contributed by atoms with Gasteiger partial charge in [0.15, 0.2) is 0 Å². The molecule has 18 heavy (non-hydrogen) atoms. The third-order valence-corrected chi connectivity index (χ3v) is 2.36. The maximum absolute atomic E-state index is 12.8. The Hall–Kier alpha value is -1.85. The molecule has 0 heterocycles. The fraction of sp³-hybridized carbons (Fsp3) is 0.333. The molecule has 0 unspecified atom stereocenters. The molecule has 1 aromatic rings. The number of alkyl halides is 3. The van der Waals surface area contributed by atoms with E-state index in [2.05, 4.69) is 0 Å². The lowest BCUT2D eigenvalue weighted by molar-refractivity contribution is -0.137. The molecular formula is C12H11F3NO2. The molecule has 0 aliphatic carbocycles. The molecule has 1 aromatic carbocycles. The van der Waals surface area contributed by atoms with Gasteiger partial charge in [0.25, 0.3) is 6.29 Å². The molecule has 0 fully saturated rings. The second-order valence-electron chi connectivity index (χ2n) is 4.01. The highest BCUT2D eigenvalue weighted by Gasteiger charge is 2.34. The van der Waals surface area contributed by atoms with Gasteiger partial charge in [0, 0.05) is 0 Å². The minimum absolute atomic E-state index is 0.0755. The van der Waals surface area contributed by atoms with Crippen molar-refractivity contribution >= 4 is 17.9 Å². The monoisotopic (exact) mass is 258 g/mol. The topological polar surface area (TPSA) is 46.2 Å². The van der Waals surface area contributed by atoms with Gasteiger partial charge in [-0.3, -0.25) is 9.59 Å². The zero-order chi connectivity index (χ0) is 13.9. The minimum atomic E-state index is -4.60. The highest BCUT2D eigenvalue weighted by atomic mass is 19.4. The van der Waals surface area contributed by atoms with Gasteiger partial charge < -0.3 is 5.32 Å². The number of benzene rings is 1. The highest BCUT2D eigenvalue weighted by molar-refractivity contribution is 6.29. The molecule has 0 saturated heterocycles. The molecule has 0 saturated carbocycles. The van der Waals surface area contributed by atoms with E-state index in [1.165, 1.54) is 6.07 Å². The third kappa shape index (κ3) is 3.32. The van der Waals surface area contributed by atoms with Gasteiger partial charge in [0.05, 0.1) is 11.3 Å². The highest BCUT2D eigenvalue weighted by Crippen LogP contribution is 2.36. The Labute approximate surface area is 102 Å². The fourth-order valence-corrected chi connectivity index (χ4v) is 1.41. The van der Waals surface area contributed by atoms with Gasteiger partial charge >= 0.3 is 12.1 Å². The molecule has 0 bridgehead atoms. The van der Waals surface area contributed by atoms with Crippen LogP contribution in [-0.4, -0.2) is 12.2 Å². The predicted molar refractivity (Wildman–Crippen MR) is 59.9 cm³/mol. The summed E-state index contributed by atoms with van der Waals surface area (Å²) >= 11 is 0. The summed E-state index contributed by atoms with van der Waals surface area (Å²) in [5, 5.41) is 1.85. The van der Waals surface area contributed by atoms with Crippen molar-refractivity contribution in [3.63, 3.8) is 0 Å². The Bertz CT molecular complexity index is 467. The first-order valence-corrected chi connectivity index (χ1v) is 5.16. The van der Waals surface area contributed by atoms with Crippen LogP contribution in [0.25, 0.3) is 0 Å². The number of carbonyl (C=O) groups excluding carboxylic acids is 2. The van der Waals surface area contributed by atoms with E-state index in [0.29, 0.717) is 5.56 Å². The molecule has 1 amide bonds. The van der Waals surface area contributed by atoms with Crippen LogP contribution < -0.4 is 5.32 Å². The standard InChI is InChI=1S/C12H11F3NO2/c1-7(2)8-3-4-10(16-11(18)6-17)9(5-8)12(13,14)15/h3-5,7H,1-2H3,(H,16,18). The zero-order valence-corrected chi connectivity index (χ0v) is 9.76. The Morgan fingerprint density at radius 3 is 2.39 bits per heavy atom. The summed E-state index contributed by atoms with van der Waals surface area (Å²) in [5.41, 5.74) is -0.923. The lowest BCUT2D eigenvalue weighted by Crippen LogP contribution is -2.17. The smallest absolute Gasteiger partial charge is 0.318 e. The number of rotatable bonds is 3. The summed E-state index contributed by atoms with van der Waals surface area (Å²) in [6.45, 7) is 3.51. The lowest BCUT2D eigenvalue weighted by atomic mass is 9.99. The minimum Gasteiger partial charge on any atom is -0.318 e. The summed E-state index contributed by atoms with van der Waals surface area (Å²) in [7, 11) is 0. The average Bonchev–Trinajstić information content (AvgIpc) is 2.27. The molecule has 97 valence electrons. The number of carbonyl (C=O) groups is 1. The number of halogens is 3. The number of hydrogen-bond donors (Lipinski definition) is 1. The van der Waals surface area contributed by atoms with Crippen molar-refractivity contribution in [1.29, 1.82) is 0 Å². The zero-order valence-electron chi connectivity index (χ0n) is 9.76. The van der Waals surface area contributed by atoms with E-state index in [1.54, 1.807) is 13.8 Å². The summed E-state index contributed by atoms with van der Waals surface area (Å²) in [5.74, 6) is -1.31. The first-order chi connectivity index (χ1) is 8.25. The van der Waals surface area contributed by atoms with Crippen molar-refractivity contribution in [2.45, 2.75) is 25.9 Å². The van der Waals surface area contributed by atoms with Crippen molar-refractivity contribution in [1.82, 2.24) is 0 Å². The van der Waals surface area contributed by atoms with E-state index in [-0.39, 0.29) is 5.92 Å². The van der Waals surface area contributed by atoms with Crippen LogP contribution in [-0.2, 0) is 15.8 Å². The largest absolute Gasteiger partial charge is 0.418 e. The second kappa shape index (κ2) is 5.20. The van der Waals surface area contributed by atoms with Gasteiger partial charge in [0.2, 0.25) is 0 Å². The van der Waals surface area contributed by atoms with Gasteiger partial charge in [-0.05, 0) is 23.6 Å². The molecule has 3 nitrogen and oxygen atoms in total. The first kappa shape index (κ1) is 14.2. The molecule has 6 heteroatoms. The third-order valence-electron chi connectivity index (χ3n) is 2.36. The van der Waals surface area contributed by atoms with Crippen LogP contribution in [0.3, 0.4) is 0 Å². The molecule has 0 aliphatic heterocycles. The molecule has 1 radical (unpaired) electrons. The molecule has 1 rings (SSSR count). The first-order valence-electron chi connectivity index (χ1n) is 5.16. The van der Waals surface area contributed by atoms with Crippen LogP contribution in [0.4, 0.5) is 18.9 Å². The lowest BCUT2D eigenvalue weighted by Gasteiger charge is -2.15. The maximum atomic E-state index is 12.8. The van der Waals surface area contributed by atoms with Crippen LogP contribution >= 0.6 is 0 Å². The molecule has 0 atom stereocenters. The summed E-state index contributed by atoms with van der Waals surface area (Å²) in [6.07, 6.45) is -3.64. The van der Waals surface area contributed by atoms with E-state index in [1.807, 2.05) is 5.32 Å². The molecule has 0 aliphatic rings. The van der Waals surface area contributed by atoms with Crippen molar-refractivity contribution < 1.29 is 22.8 Å². The Morgan fingerprint density at radius 1 is 1.33 bits per heavy atom. The number of nitrogens with one attached hydrogen (secondary N) is 1. The van der Waals surface area contributed by atoms with Crippen molar-refractivity contribution in [3.8, 4) is 0 Å². The van der Waals surface area contributed by atoms with Crippen molar-refractivity contribution in [3.05, 3.63) is 29.3 Å². The summed E-state index contributed by atoms with van der Waals surface area (Å²) in [4.78, 5) is 20.8. The number of amides is 1. The molecule has 0 spiro atoms. The Balaban J connectivity index is 3.25. The van der Waals surface area contributed by atoms with Gasteiger partial charge in [-0.2, -0.15) is 13.2 Å². The molecular weight excluding hydrogens is 247 g/mol. The van der Waals surface area contributed by atoms with Crippen LogP contribution in [0.5, 0.6) is 0 Å². The second-order valence-corrected chi connectivity index (χ2v) is 4.01. The number of hydrogen-bond acceptors (Lipinski definition) is 2. The van der Waals surface area contributed by atoms with E-state index < -0.39 is 23.3 Å². The van der Waals surface area contributed by atoms with Crippen LogP contribution in [0.1, 0.15) is 30.9 Å². The van der Waals surface area contributed by atoms with E-state index in [4.69, 9.17) is 0 Å². The van der Waals surface area contributed by atoms with Crippen molar-refractivity contribution in [2.75, 3.05) is 5.32 Å². The SMILES string of the molecule is CC(C)c1ccc(NC(=O)[C]=O)c(C(F)(F)F)c1. The molecule has 1 N–H and O–H groups in total. The maximum Gasteiger partial charge on any atom is 0.418 e. The normalized spacial score (nSPS) is 11.4. The summed E-state index contributed by atoms with van der Waals surface area (Å²) < 4.78 is 38.4. The quantitative estimate of drug-likeness (QED) is 0.847. The van der Waals surface area contributed by atoms with E-state index in [0.717, 1.165) is 18.4 Å². The van der Waals surface area contributed by atoms with Crippen LogP contribution in [0.15, 0.2) is 18.2 Å². The van der Waals surface area contributed by atoms with Gasteiger partial charge in [-0.15, -0.1) is 0 Å². The van der Waals surface area contributed by atoms with Gasteiger partial charge in [0.1, 0.15) is 0 Å². The van der Waals surface area contributed by atoms with E-state index in [9.17, 15) is 22.8 Å².